The zero-order valence-corrected chi connectivity index (χ0v) is 10.0. The Balaban J connectivity index is 2.03. The van der Waals surface area contributed by atoms with Gasteiger partial charge in [0.25, 0.3) is 0 Å². The summed E-state index contributed by atoms with van der Waals surface area (Å²) in [5.74, 6) is 1.73. The number of nitrogens with one attached hydrogen (secondary N) is 1. The van der Waals surface area contributed by atoms with Gasteiger partial charge in [-0.15, -0.1) is 0 Å². The number of hydrogen-bond acceptors (Lipinski definition) is 1. The van der Waals surface area contributed by atoms with E-state index in [-0.39, 0.29) is 0 Å². The van der Waals surface area contributed by atoms with Crippen molar-refractivity contribution in [1.29, 1.82) is 0 Å². The van der Waals surface area contributed by atoms with E-state index in [1.54, 1.807) is 5.56 Å². The third-order valence-electron chi connectivity index (χ3n) is 3.60. The largest absolute Gasteiger partial charge is 0.319 e. The highest BCUT2D eigenvalue weighted by Gasteiger charge is 2.30. The van der Waals surface area contributed by atoms with E-state index in [1.165, 1.54) is 30.5 Å². The van der Waals surface area contributed by atoms with E-state index in [2.05, 4.69) is 37.4 Å². The number of aryl methyl sites for hydroxylation is 2. The second kappa shape index (κ2) is 4.36. The summed E-state index contributed by atoms with van der Waals surface area (Å²) in [5.41, 5.74) is 4.45. The molecule has 2 rings (SSSR count). The predicted octanol–water partition coefficient (Wildman–Crippen LogP) is 3.02. The van der Waals surface area contributed by atoms with E-state index in [0.29, 0.717) is 0 Å². The van der Waals surface area contributed by atoms with Crippen LogP contribution >= 0.6 is 0 Å². The smallest absolute Gasteiger partial charge is 0.00231 e. The van der Waals surface area contributed by atoms with Gasteiger partial charge < -0.3 is 5.32 Å². The molecule has 0 amide bonds. The lowest BCUT2D eigenvalue weighted by molar-refractivity contribution is 0.259. The van der Waals surface area contributed by atoms with E-state index in [1.807, 2.05) is 7.05 Å². The summed E-state index contributed by atoms with van der Waals surface area (Å²) >= 11 is 0. The molecule has 15 heavy (non-hydrogen) atoms. The highest BCUT2D eigenvalue weighted by atomic mass is 14.8. The first-order chi connectivity index (χ1) is 7.20. The minimum atomic E-state index is 0.822. The van der Waals surface area contributed by atoms with Crippen LogP contribution in [-0.4, -0.2) is 13.6 Å². The summed E-state index contributed by atoms with van der Waals surface area (Å²) < 4.78 is 0. The molecule has 1 aromatic rings. The predicted molar refractivity (Wildman–Crippen MR) is 65.3 cm³/mol. The number of rotatable bonds is 3. The van der Waals surface area contributed by atoms with E-state index in [4.69, 9.17) is 0 Å². The monoisotopic (exact) mass is 203 g/mol. The van der Waals surface area contributed by atoms with Crippen molar-refractivity contribution in [2.45, 2.75) is 32.6 Å². The Bertz CT molecular complexity index is 337. The molecule has 0 radical (unpaired) electrons. The van der Waals surface area contributed by atoms with E-state index < -0.39 is 0 Å². The van der Waals surface area contributed by atoms with Gasteiger partial charge >= 0.3 is 0 Å². The maximum absolute atomic E-state index is 3.27. The first-order valence-corrected chi connectivity index (χ1v) is 5.92. The van der Waals surface area contributed by atoms with Crippen LogP contribution in [0.15, 0.2) is 18.2 Å². The Kier molecular flexibility index (Phi) is 3.11. The summed E-state index contributed by atoms with van der Waals surface area (Å²) in [6, 6.07) is 6.84. The molecule has 1 aliphatic rings. The van der Waals surface area contributed by atoms with Gasteiger partial charge in [-0.3, -0.25) is 0 Å². The van der Waals surface area contributed by atoms with Crippen molar-refractivity contribution in [3.8, 4) is 0 Å². The van der Waals surface area contributed by atoms with Gasteiger partial charge in [0.05, 0.1) is 0 Å². The molecule has 0 saturated heterocycles. The van der Waals surface area contributed by atoms with E-state index in [0.717, 1.165) is 11.8 Å². The van der Waals surface area contributed by atoms with E-state index >= 15 is 0 Å². The second-order valence-electron chi connectivity index (χ2n) is 4.95. The zero-order valence-electron chi connectivity index (χ0n) is 10.0. The summed E-state index contributed by atoms with van der Waals surface area (Å²) in [5, 5.41) is 3.27. The molecule has 1 fully saturated rings. The second-order valence-corrected chi connectivity index (χ2v) is 4.95. The van der Waals surface area contributed by atoms with Crippen molar-refractivity contribution in [2.75, 3.05) is 13.6 Å². The molecule has 1 saturated carbocycles. The molecule has 0 aromatic heterocycles. The molecule has 1 N–H and O–H groups in total. The minimum Gasteiger partial charge on any atom is -0.319 e. The number of benzene rings is 1. The molecule has 0 aliphatic heterocycles. The Hall–Kier alpha value is -0.820. The summed E-state index contributed by atoms with van der Waals surface area (Å²) in [4.78, 5) is 0. The van der Waals surface area contributed by atoms with Crippen LogP contribution in [0.1, 0.15) is 35.4 Å². The lowest BCUT2D eigenvalue weighted by Crippen LogP contribution is -2.30. The molecule has 1 heteroatoms. The van der Waals surface area contributed by atoms with Gasteiger partial charge in [0.15, 0.2) is 0 Å². The summed E-state index contributed by atoms with van der Waals surface area (Å²) in [6.45, 7) is 5.61. The van der Waals surface area contributed by atoms with Crippen molar-refractivity contribution in [3.63, 3.8) is 0 Å². The number of hydrogen-bond donors (Lipinski definition) is 1. The quantitative estimate of drug-likeness (QED) is 0.796. The molecule has 0 heterocycles. The molecular formula is C14H21N. The van der Waals surface area contributed by atoms with Gasteiger partial charge in [-0.05, 0) is 63.2 Å². The highest BCUT2D eigenvalue weighted by Crippen LogP contribution is 2.42. The van der Waals surface area contributed by atoms with Crippen LogP contribution in [0.25, 0.3) is 0 Å². The maximum Gasteiger partial charge on any atom is -0.00231 e. The van der Waals surface area contributed by atoms with Crippen molar-refractivity contribution in [2.24, 2.45) is 5.92 Å². The van der Waals surface area contributed by atoms with Crippen LogP contribution in [0.3, 0.4) is 0 Å². The van der Waals surface area contributed by atoms with Crippen molar-refractivity contribution >= 4 is 0 Å². The average Bonchev–Trinajstić information content (AvgIpc) is 2.15. The van der Waals surface area contributed by atoms with Gasteiger partial charge in [0, 0.05) is 0 Å². The fourth-order valence-corrected chi connectivity index (χ4v) is 2.64. The average molecular weight is 203 g/mol. The molecule has 1 aromatic carbocycles. The minimum absolute atomic E-state index is 0.822. The van der Waals surface area contributed by atoms with Crippen LogP contribution in [0, 0.1) is 19.8 Å². The Morgan fingerprint density at radius 2 is 2.00 bits per heavy atom. The Labute approximate surface area is 92.9 Å². The van der Waals surface area contributed by atoms with Crippen LogP contribution < -0.4 is 5.32 Å². The van der Waals surface area contributed by atoms with Crippen LogP contribution in [-0.2, 0) is 0 Å². The van der Waals surface area contributed by atoms with Crippen molar-refractivity contribution in [3.05, 3.63) is 34.9 Å². The molecule has 0 atom stereocenters. The molecule has 0 spiro atoms. The lowest BCUT2D eigenvalue weighted by Gasteiger charge is -2.36. The zero-order chi connectivity index (χ0) is 10.8. The first-order valence-electron chi connectivity index (χ1n) is 5.92. The van der Waals surface area contributed by atoms with Crippen LogP contribution in [0.5, 0.6) is 0 Å². The lowest BCUT2D eigenvalue weighted by atomic mass is 9.70. The molecule has 1 nitrogen and oxygen atoms in total. The summed E-state index contributed by atoms with van der Waals surface area (Å²) in [6.07, 6.45) is 2.73. The third kappa shape index (κ3) is 2.23. The van der Waals surface area contributed by atoms with Gasteiger partial charge in [-0.25, -0.2) is 0 Å². The van der Waals surface area contributed by atoms with E-state index in [9.17, 15) is 0 Å². The van der Waals surface area contributed by atoms with Crippen molar-refractivity contribution in [1.82, 2.24) is 5.32 Å². The van der Waals surface area contributed by atoms with Gasteiger partial charge in [0.1, 0.15) is 0 Å². The molecule has 0 bridgehead atoms. The van der Waals surface area contributed by atoms with Gasteiger partial charge in [-0.1, -0.05) is 23.8 Å². The third-order valence-corrected chi connectivity index (χ3v) is 3.60. The fourth-order valence-electron chi connectivity index (χ4n) is 2.64. The first kappa shape index (κ1) is 10.7. The maximum atomic E-state index is 3.27. The Morgan fingerprint density at radius 3 is 2.67 bits per heavy atom. The SMILES string of the molecule is CNCC1CC(c2cc(C)ccc2C)C1. The topological polar surface area (TPSA) is 12.0 Å². The van der Waals surface area contributed by atoms with Gasteiger partial charge in [0.2, 0.25) is 0 Å². The van der Waals surface area contributed by atoms with Crippen LogP contribution in [0.2, 0.25) is 0 Å². The normalized spacial score (nSPS) is 25.0. The van der Waals surface area contributed by atoms with Gasteiger partial charge in [-0.2, -0.15) is 0 Å². The van der Waals surface area contributed by atoms with Crippen molar-refractivity contribution < 1.29 is 0 Å². The molecule has 0 unspecified atom stereocenters. The molecular weight excluding hydrogens is 182 g/mol. The van der Waals surface area contributed by atoms with Crippen LogP contribution in [0.4, 0.5) is 0 Å². The standard InChI is InChI=1S/C14H21N/c1-10-4-5-11(2)14(6-10)13-7-12(8-13)9-15-3/h4-6,12-13,15H,7-9H2,1-3H3. The fraction of sp³-hybridized carbons (Fsp3) is 0.571. The Morgan fingerprint density at radius 1 is 1.27 bits per heavy atom. The summed E-state index contributed by atoms with van der Waals surface area (Å²) in [7, 11) is 2.05. The molecule has 1 aliphatic carbocycles. The highest BCUT2D eigenvalue weighted by molar-refractivity contribution is 5.34. The molecule has 82 valence electrons.